The fourth-order valence-electron chi connectivity index (χ4n) is 1.74. The minimum atomic E-state index is -0.369. The number of amides is 2. The lowest BCUT2D eigenvalue weighted by Gasteiger charge is -2.10. The van der Waals surface area contributed by atoms with Gasteiger partial charge in [-0.05, 0) is 30.3 Å². The summed E-state index contributed by atoms with van der Waals surface area (Å²) in [6, 6.07) is 11.4. The number of nitrogens with two attached hydrogens (primary N) is 1. The molecule has 0 aromatic heterocycles. The lowest BCUT2D eigenvalue weighted by Crippen LogP contribution is -2.21. The molecule has 0 aliphatic carbocycles. The molecule has 22 heavy (non-hydrogen) atoms. The molecule has 0 saturated carbocycles. The van der Waals surface area contributed by atoms with Crippen LogP contribution < -0.4 is 16.4 Å². The van der Waals surface area contributed by atoms with Gasteiger partial charge in [0.15, 0.2) is 0 Å². The van der Waals surface area contributed by atoms with Crippen molar-refractivity contribution < 1.29 is 9.59 Å². The molecule has 0 saturated heterocycles. The lowest BCUT2D eigenvalue weighted by molar-refractivity contribution is -0.114. The molecule has 0 unspecified atom stereocenters. The van der Waals surface area contributed by atoms with Gasteiger partial charge in [0.2, 0.25) is 5.91 Å². The van der Waals surface area contributed by atoms with Crippen molar-refractivity contribution in [2.24, 2.45) is 5.73 Å². The van der Waals surface area contributed by atoms with E-state index in [1.54, 1.807) is 36.4 Å². The SMILES string of the molecule is NCC(=O)Nc1ccc(NC(=O)c2ccccc2Cl)c(Cl)c1. The maximum Gasteiger partial charge on any atom is 0.257 e. The molecule has 2 aromatic carbocycles. The molecule has 0 radical (unpaired) electrons. The van der Waals surface area contributed by atoms with Gasteiger partial charge in [0.25, 0.3) is 5.91 Å². The summed E-state index contributed by atoms with van der Waals surface area (Å²) in [7, 11) is 0. The fourth-order valence-corrected chi connectivity index (χ4v) is 2.19. The second-order valence-electron chi connectivity index (χ2n) is 4.38. The smallest absolute Gasteiger partial charge is 0.257 e. The molecule has 0 aliphatic heterocycles. The molecular formula is C15H13Cl2N3O2. The summed E-state index contributed by atoms with van der Waals surface area (Å²) in [4.78, 5) is 23.4. The van der Waals surface area contributed by atoms with Gasteiger partial charge >= 0.3 is 0 Å². The van der Waals surface area contributed by atoms with E-state index in [0.717, 1.165) is 0 Å². The summed E-state index contributed by atoms with van der Waals surface area (Å²) in [5.74, 6) is -0.699. The van der Waals surface area contributed by atoms with Crippen molar-refractivity contribution in [3.8, 4) is 0 Å². The highest BCUT2D eigenvalue weighted by Crippen LogP contribution is 2.26. The molecular weight excluding hydrogens is 325 g/mol. The molecule has 2 amide bonds. The zero-order valence-electron chi connectivity index (χ0n) is 11.4. The van der Waals surface area contributed by atoms with Gasteiger partial charge in [0, 0.05) is 5.69 Å². The van der Waals surface area contributed by atoms with Crippen molar-refractivity contribution in [2.45, 2.75) is 0 Å². The van der Waals surface area contributed by atoms with Gasteiger partial charge in [-0.1, -0.05) is 35.3 Å². The van der Waals surface area contributed by atoms with E-state index in [1.165, 1.54) is 6.07 Å². The van der Waals surface area contributed by atoms with Crippen LogP contribution in [0, 0.1) is 0 Å². The molecule has 0 bridgehead atoms. The van der Waals surface area contributed by atoms with Crippen LogP contribution in [0.4, 0.5) is 11.4 Å². The van der Waals surface area contributed by atoms with E-state index >= 15 is 0 Å². The van der Waals surface area contributed by atoms with E-state index in [9.17, 15) is 9.59 Å². The maximum absolute atomic E-state index is 12.2. The van der Waals surface area contributed by atoms with Crippen molar-refractivity contribution in [3.63, 3.8) is 0 Å². The highest BCUT2D eigenvalue weighted by molar-refractivity contribution is 6.36. The molecule has 4 N–H and O–H groups in total. The molecule has 2 rings (SSSR count). The molecule has 0 atom stereocenters. The Balaban J connectivity index is 2.15. The van der Waals surface area contributed by atoms with Crippen LogP contribution in [0.3, 0.4) is 0 Å². The predicted octanol–water partition coefficient (Wildman–Crippen LogP) is 3.14. The molecule has 5 nitrogen and oxygen atoms in total. The summed E-state index contributed by atoms with van der Waals surface area (Å²) in [6.45, 7) is -0.122. The summed E-state index contributed by atoms with van der Waals surface area (Å²) < 4.78 is 0. The quantitative estimate of drug-likeness (QED) is 0.801. The van der Waals surface area contributed by atoms with Crippen LogP contribution in [0.5, 0.6) is 0 Å². The minimum Gasteiger partial charge on any atom is -0.325 e. The topological polar surface area (TPSA) is 84.2 Å². The van der Waals surface area contributed by atoms with E-state index in [-0.39, 0.29) is 23.4 Å². The van der Waals surface area contributed by atoms with Crippen molar-refractivity contribution in [1.82, 2.24) is 0 Å². The van der Waals surface area contributed by atoms with Gasteiger partial charge in [-0.25, -0.2) is 0 Å². The Labute approximate surface area is 137 Å². The van der Waals surface area contributed by atoms with Crippen molar-refractivity contribution >= 4 is 46.4 Å². The minimum absolute atomic E-state index is 0.122. The van der Waals surface area contributed by atoms with Gasteiger partial charge < -0.3 is 16.4 Å². The largest absolute Gasteiger partial charge is 0.325 e. The first kappa shape index (κ1) is 16.3. The lowest BCUT2D eigenvalue weighted by atomic mass is 10.2. The molecule has 2 aromatic rings. The normalized spacial score (nSPS) is 10.1. The number of anilines is 2. The van der Waals surface area contributed by atoms with E-state index in [4.69, 9.17) is 28.9 Å². The summed E-state index contributed by atoms with van der Waals surface area (Å²) in [6.07, 6.45) is 0. The number of benzene rings is 2. The van der Waals surface area contributed by atoms with Gasteiger partial charge in [0.05, 0.1) is 27.8 Å². The maximum atomic E-state index is 12.2. The Hall–Kier alpha value is -2.08. The number of nitrogens with one attached hydrogen (secondary N) is 2. The Bertz CT molecular complexity index is 720. The first-order valence-corrected chi connectivity index (χ1v) is 7.12. The van der Waals surface area contributed by atoms with Crippen molar-refractivity contribution in [2.75, 3.05) is 17.2 Å². The van der Waals surface area contributed by atoms with Crippen molar-refractivity contribution in [3.05, 3.63) is 58.1 Å². The standard InChI is InChI=1S/C15H13Cl2N3O2/c16-11-4-2-1-3-10(11)15(22)20-13-6-5-9(7-12(13)17)19-14(21)8-18/h1-7H,8,18H2,(H,19,21)(H,20,22). The van der Waals surface area contributed by atoms with Crippen LogP contribution in [-0.2, 0) is 4.79 Å². The number of rotatable bonds is 4. The Morgan fingerprint density at radius 3 is 2.36 bits per heavy atom. The average molecular weight is 338 g/mol. The van der Waals surface area contributed by atoms with Gasteiger partial charge in [0.1, 0.15) is 0 Å². The van der Waals surface area contributed by atoms with E-state index < -0.39 is 0 Å². The molecule has 0 aliphatic rings. The van der Waals surface area contributed by atoms with E-state index in [0.29, 0.717) is 22.0 Å². The van der Waals surface area contributed by atoms with Crippen molar-refractivity contribution in [1.29, 1.82) is 0 Å². The summed E-state index contributed by atoms with van der Waals surface area (Å²) in [5.41, 5.74) is 6.48. The van der Waals surface area contributed by atoms with Gasteiger partial charge in [-0.2, -0.15) is 0 Å². The third-order valence-corrected chi connectivity index (χ3v) is 3.45. The zero-order chi connectivity index (χ0) is 16.1. The monoisotopic (exact) mass is 337 g/mol. The highest BCUT2D eigenvalue weighted by atomic mass is 35.5. The Kier molecular flexibility index (Phi) is 5.38. The number of carbonyl (C=O) groups excluding carboxylic acids is 2. The fraction of sp³-hybridized carbons (Fsp3) is 0.0667. The second-order valence-corrected chi connectivity index (χ2v) is 5.20. The molecule has 0 spiro atoms. The number of hydrogen-bond acceptors (Lipinski definition) is 3. The van der Waals surface area contributed by atoms with Crippen LogP contribution in [0.25, 0.3) is 0 Å². The first-order chi connectivity index (χ1) is 10.5. The Morgan fingerprint density at radius 2 is 1.73 bits per heavy atom. The third kappa shape index (κ3) is 3.98. The molecule has 0 heterocycles. The molecule has 7 heteroatoms. The number of carbonyl (C=O) groups is 2. The second kappa shape index (κ2) is 7.26. The van der Waals surface area contributed by atoms with E-state index in [1.807, 2.05) is 0 Å². The van der Waals surface area contributed by atoms with E-state index in [2.05, 4.69) is 10.6 Å². The van der Waals surface area contributed by atoms with Gasteiger partial charge in [-0.3, -0.25) is 9.59 Å². The molecule has 0 fully saturated rings. The van der Waals surface area contributed by atoms with Crippen LogP contribution >= 0.6 is 23.2 Å². The Morgan fingerprint density at radius 1 is 1.00 bits per heavy atom. The van der Waals surface area contributed by atoms with Gasteiger partial charge in [-0.15, -0.1) is 0 Å². The number of hydrogen-bond donors (Lipinski definition) is 3. The van der Waals surface area contributed by atoms with Crippen LogP contribution in [-0.4, -0.2) is 18.4 Å². The zero-order valence-corrected chi connectivity index (χ0v) is 12.9. The molecule has 114 valence electrons. The first-order valence-electron chi connectivity index (χ1n) is 6.36. The summed E-state index contributed by atoms with van der Waals surface area (Å²) in [5, 5.41) is 5.88. The van der Waals surface area contributed by atoms with Crippen LogP contribution in [0.1, 0.15) is 10.4 Å². The highest BCUT2D eigenvalue weighted by Gasteiger charge is 2.12. The van der Waals surface area contributed by atoms with Crippen LogP contribution in [0.2, 0.25) is 10.0 Å². The van der Waals surface area contributed by atoms with Crippen LogP contribution in [0.15, 0.2) is 42.5 Å². The average Bonchev–Trinajstić information content (AvgIpc) is 2.50. The number of halogens is 2. The third-order valence-electron chi connectivity index (χ3n) is 2.80. The summed E-state index contributed by atoms with van der Waals surface area (Å²) >= 11 is 12.1. The predicted molar refractivity (Wildman–Crippen MR) is 88.5 cm³/mol.